The highest BCUT2D eigenvalue weighted by molar-refractivity contribution is 7.99. The number of ether oxygens (including phenoxy) is 1. The minimum absolute atomic E-state index is 0.0932. The minimum Gasteiger partial charge on any atom is -0.427 e. The molecular weight excluding hydrogens is 516 g/mol. The summed E-state index contributed by atoms with van der Waals surface area (Å²) in [5.74, 6) is 0.332. The summed E-state index contributed by atoms with van der Waals surface area (Å²) in [7, 11) is 0. The van der Waals surface area contributed by atoms with Crippen molar-refractivity contribution in [2.24, 2.45) is 0 Å². The van der Waals surface area contributed by atoms with Crippen molar-refractivity contribution in [3.8, 4) is 5.75 Å². The van der Waals surface area contributed by atoms with Gasteiger partial charge < -0.3 is 10.1 Å². The molecule has 206 valence electrons. The van der Waals surface area contributed by atoms with Crippen LogP contribution in [0.1, 0.15) is 37.3 Å². The number of esters is 1. The summed E-state index contributed by atoms with van der Waals surface area (Å²) in [6.45, 7) is 3.13. The minimum atomic E-state index is -0.218. The number of rotatable bonds is 13. The molecule has 0 saturated heterocycles. The quantitative estimate of drug-likeness (QED) is 0.135. The van der Waals surface area contributed by atoms with E-state index in [1.54, 1.807) is 11.8 Å². The summed E-state index contributed by atoms with van der Waals surface area (Å²) >= 11 is 1.61. The van der Waals surface area contributed by atoms with Gasteiger partial charge in [-0.15, -0.1) is 0 Å². The van der Waals surface area contributed by atoms with Gasteiger partial charge in [0, 0.05) is 35.0 Å². The second kappa shape index (κ2) is 15.5. The largest absolute Gasteiger partial charge is 0.427 e. The van der Waals surface area contributed by atoms with E-state index in [9.17, 15) is 9.59 Å². The normalized spacial score (nSPS) is 10.6. The van der Waals surface area contributed by atoms with Gasteiger partial charge in [0.2, 0.25) is 0 Å². The predicted molar refractivity (Wildman–Crippen MR) is 163 cm³/mol. The molecule has 0 aromatic heterocycles. The molecule has 0 fully saturated rings. The zero-order valence-electron chi connectivity index (χ0n) is 22.9. The van der Waals surface area contributed by atoms with Gasteiger partial charge >= 0.3 is 12.0 Å². The van der Waals surface area contributed by atoms with Crippen molar-refractivity contribution in [2.45, 2.75) is 48.8 Å². The first-order valence-electron chi connectivity index (χ1n) is 13.8. The number of hydrogen-bond acceptors (Lipinski definition) is 4. The van der Waals surface area contributed by atoms with E-state index in [1.165, 1.54) is 11.1 Å². The Labute approximate surface area is 241 Å². The molecule has 0 bridgehead atoms. The molecule has 4 aromatic rings. The number of nitrogens with one attached hydrogen (secondary N) is 1. The number of anilines is 1. The van der Waals surface area contributed by atoms with Crippen LogP contribution in [-0.4, -0.2) is 25.1 Å². The Bertz CT molecular complexity index is 1340. The summed E-state index contributed by atoms with van der Waals surface area (Å²) in [6, 6.07) is 36.0. The molecule has 4 rings (SSSR count). The first-order valence-corrected chi connectivity index (χ1v) is 14.6. The van der Waals surface area contributed by atoms with E-state index in [1.807, 2.05) is 90.7 Å². The maximum absolute atomic E-state index is 13.4. The van der Waals surface area contributed by atoms with Crippen molar-refractivity contribution in [1.82, 2.24) is 5.32 Å². The lowest BCUT2D eigenvalue weighted by molar-refractivity contribution is -0.134. The zero-order chi connectivity index (χ0) is 28.0. The van der Waals surface area contributed by atoms with Crippen LogP contribution in [0, 0.1) is 0 Å². The van der Waals surface area contributed by atoms with Crippen LogP contribution in [0.3, 0.4) is 0 Å². The molecule has 0 aliphatic heterocycles. The summed E-state index contributed by atoms with van der Waals surface area (Å²) in [5, 5.41) is 3.12. The fraction of sp³-hybridized carbons (Fsp3) is 0.235. The molecule has 0 radical (unpaired) electrons. The number of aryl methyl sites for hydroxylation is 1. The topological polar surface area (TPSA) is 58.6 Å². The Morgan fingerprint density at radius 1 is 0.775 bits per heavy atom. The van der Waals surface area contributed by atoms with Crippen molar-refractivity contribution in [3.05, 3.63) is 120 Å². The second-order valence-electron chi connectivity index (χ2n) is 9.50. The van der Waals surface area contributed by atoms with Crippen molar-refractivity contribution in [2.75, 3.05) is 18.0 Å². The molecular formula is C34H36N2O3S. The number of amides is 2. The third-order valence-electron chi connectivity index (χ3n) is 6.34. The molecule has 5 nitrogen and oxygen atoms in total. The average molecular weight is 553 g/mol. The number of benzene rings is 4. The van der Waals surface area contributed by atoms with Crippen LogP contribution in [0.15, 0.2) is 119 Å². The molecule has 0 unspecified atom stereocenters. The van der Waals surface area contributed by atoms with E-state index in [-0.39, 0.29) is 12.0 Å². The van der Waals surface area contributed by atoms with E-state index in [4.69, 9.17) is 4.74 Å². The first kappa shape index (κ1) is 29.0. The fourth-order valence-electron chi connectivity index (χ4n) is 4.30. The van der Waals surface area contributed by atoms with Gasteiger partial charge in [0.15, 0.2) is 0 Å². The summed E-state index contributed by atoms with van der Waals surface area (Å²) in [6.07, 6.45) is 3.70. The molecule has 2 amide bonds. The Kier molecular flexibility index (Phi) is 11.2. The van der Waals surface area contributed by atoms with Gasteiger partial charge in [0.05, 0.1) is 0 Å². The Balaban J connectivity index is 1.42. The lowest BCUT2D eigenvalue weighted by Crippen LogP contribution is -2.41. The Hall–Kier alpha value is -4.03. The lowest BCUT2D eigenvalue weighted by atomic mass is 10.1. The van der Waals surface area contributed by atoms with Gasteiger partial charge in [0.1, 0.15) is 5.75 Å². The van der Waals surface area contributed by atoms with Gasteiger partial charge in [-0.25, -0.2) is 4.79 Å². The molecule has 40 heavy (non-hydrogen) atoms. The maximum atomic E-state index is 13.4. The van der Waals surface area contributed by atoms with Crippen LogP contribution in [0.4, 0.5) is 10.5 Å². The molecule has 0 aliphatic carbocycles. The van der Waals surface area contributed by atoms with E-state index in [0.29, 0.717) is 25.3 Å². The van der Waals surface area contributed by atoms with Crippen LogP contribution in [0.25, 0.3) is 0 Å². The molecule has 0 saturated carbocycles. The van der Waals surface area contributed by atoms with Crippen LogP contribution >= 0.6 is 11.8 Å². The van der Waals surface area contributed by atoms with Crippen molar-refractivity contribution in [1.29, 1.82) is 0 Å². The van der Waals surface area contributed by atoms with E-state index < -0.39 is 0 Å². The van der Waals surface area contributed by atoms with E-state index in [0.717, 1.165) is 41.2 Å². The first-order chi connectivity index (χ1) is 19.6. The SMILES string of the molecule is CCCC(=O)Oc1ccc(Sc2cccc(N(CCCc3ccccc3)C(=O)NCCc3ccccc3)c2)cc1. The number of hydrogen-bond donors (Lipinski definition) is 1. The highest BCUT2D eigenvalue weighted by Crippen LogP contribution is 2.32. The van der Waals surface area contributed by atoms with Gasteiger partial charge in [-0.05, 0) is 79.3 Å². The van der Waals surface area contributed by atoms with Crippen molar-refractivity contribution in [3.63, 3.8) is 0 Å². The molecule has 0 heterocycles. The zero-order valence-corrected chi connectivity index (χ0v) is 23.7. The average Bonchev–Trinajstić information content (AvgIpc) is 2.98. The Morgan fingerprint density at radius 2 is 1.45 bits per heavy atom. The van der Waals surface area contributed by atoms with E-state index >= 15 is 0 Å². The van der Waals surface area contributed by atoms with Crippen LogP contribution in [0.2, 0.25) is 0 Å². The third kappa shape index (κ3) is 9.31. The molecule has 1 N–H and O–H groups in total. The van der Waals surface area contributed by atoms with Crippen LogP contribution < -0.4 is 15.0 Å². The number of carbonyl (C=O) groups is 2. The van der Waals surface area contributed by atoms with Crippen LogP contribution in [-0.2, 0) is 17.6 Å². The number of urea groups is 1. The summed E-state index contributed by atoms with van der Waals surface area (Å²) in [4.78, 5) is 29.0. The molecule has 6 heteroatoms. The highest BCUT2D eigenvalue weighted by atomic mass is 32.2. The van der Waals surface area contributed by atoms with Crippen LogP contribution in [0.5, 0.6) is 5.75 Å². The number of nitrogens with zero attached hydrogens (tertiary/aromatic N) is 1. The van der Waals surface area contributed by atoms with Gasteiger partial charge in [-0.3, -0.25) is 9.69 Å². The third-order valence-corrected chi connectivity index (χ3v) is 7.34. The standard InChI is InChI=1S/C34H36N2O3S/c1-2-11-33(37)39-30-19-21-31(22-20-30)40-32-18-9-17-29(26-32)36(25-10-16-27-12-5-3-6-13-27)34(38)35-24-23-28-14-7-4-8-15-28/h3-9,12-15,17-22,26H,2,10-11,16,23-25H2,1H3,(H,35,38). The van der Waals surface area contributed by atoms with Crippen molar-refractivity contribution < 1.29 is 14.3 Å². The number of carbonyl (C=O) groups excluding carboxylic acids is 2. The smallest absolute Gasteiger partial charge is 0.321 e. The second-order valence-corrected chi connectivity index (χ2v) is 10.7. The molecule has 0 aliphatic rings. The molecule has 0 atom stereocenters. The molecule has 4 aromatic carbocycles. The fourth-order valence-corrected chi connectivity index (χ4v) is 5.17. The lowest BCUT2D eigenvalue weighted by Gasteiger charge is -2.24. The van der Waals surface area contributed by atoms with Gasteiger partial charge in [-0.1, -0.05) is 85.4 Å². The molecule has 0 spiro atoms. The summed E-state index contributed by atoms with van der Waals surface area (Å²) in [5.41, 5.74) is 3.32. The van der Waals surface area contributed by atoms with Gasteiger partial charge in [-0.2, -0.15) is 0 Å². The van der Waals surface area contributed by atoms with Gasteiger partial charge in [0.25, 0.3) is 0 Å². The Morgan fingerprint density at radius 3 is 2.12 bits per heavy atom. The maximum Gasteiger partial charge on any atom is 0.321 e. The highest BCUT2D eigenvalue weighted by Gasteiger charge is 2.16. The monoisotopic (exact) mass is 552 g/mol. The summed E-state index contributed by atoms with van der Waals surface area (Å²) < 4.78 is 5.37. The van der Waals surface area contributed by atoms with E-state index in [2.05, 4.69) is 35.6 Å². The van der Waals surface area contributed by atoms with Crippen molar-refractivity contribution >= 4 is 29.4 Å². The predicted octanol–water partition coefficient (Wildman–Crippen LogP) is 7.93.